The van der Waals surface area contributed by atoms with Gasteiger partial charge >= 0.3 is 0 Å². The fourth-order valence-corrected chi connectivity index (χ4v) is 2.01. The summed E-state index contributed by atoms with van der Waals surface area (Å²) in [5, 5.41) is 0. The number of hydrogen-bond acceptors (Lipinski definition) is 1. The molecule has 0 bridgehead atoms. The van der Waals surface area contributed by atoms with Crippen molar-refractivity contribution in [2.45, 2.75) is 12.8 Å². The first-order valence-electron chi connectivity index (χ1n) is 5.74. The van der Waals surface area contributed by atoms with E-state index in [2.05, 4.69) is 9.24 Å². The Morgan fingerprint density at radius 2 is 1.83 bits per heavy atom. The second-order valence-electron chi connectivity index (χ2n) is 4.23. The van der Waals surface area contributed by atoms with Gasteiger partial charge in [0.05, 0.1) is 0 Å². The first kappa shape index (κ1) is 12.9. The molecule has 0 spiro atoms. The van der Waals surface area contributed by atoms with Crippen LogP contribution in [0.5, 0.6) is 0 Å². The van der Waals surface area contributed by atoms with Crippen molar-refractivity contribution in [1.82, 2.24) is 0 Å². The van der Waals surface area contributed by atoms with Crippen molar-refractivity contribution in [3.8, 4) is 11.1 Å². The van der Waals surface area contributed by atoms with Crippen molar-refractivity contribution in [3.63, 3.8) is 0 Å². The van der Waals surface area contributed by atoms with Crippen molar-refractivity contribution in [2.24, 2.45) is 0 Å². The minimum absolute atomic E-state index is 0.0399. The first-order chi connectivity index (χ1) is 8.59. The van der Waals surface area contributed by atoms with Crippen LogP contribution >= 0.6 is 9.24 Å². The Balaban J connectivity index is 2.40. The second-order valence-corrected chi connectivity index (χ2v) is 4.80. The lowest BCUT2D eigenvalue weighted by atomic mass is 9.98. The van der Waals surface area contributed by atoms with Crippen molar-refractivity contribution in [2.75, 3.05) is 0 Å². The highest BCUT2D eigenvalue weighted by atomic mass is 31.0. The molecule has 18 heavy (non-hydrogen) atoms. The van der Waals surface area contributed by atoms with Crippen LogP contribution in [-0.2, 0) is 4.79 Å². The lowest BCUT2D eigenvalue weighted by Gasteiger charge is -2.10. The van der Waals surface area contributed by atoms with Gasteiger partial charge in [0.25, 0.3) is 0 Å². The molecule has 1 nitrogen and oxygen atoms in total. The van der Waals surface area contributed by atoms with E-state index < -0.39 is 0 Å². The van der Waals surface area contributed by atoms with Gasteiger partial charge in [0.1, 0.15) is 5.82 Å². The lowest BCUT2D eigenvalue weighted by Crippen LogP contribution is -2.02. The van der Waals surface area contributed by atoms with Crippen molar-refractivity contribution in [1.29, 1.82) is 0 Å². The van der Waals surface area contributed by atoms with E-state index >= 15 is 0 Å². The van der Waals surface area contributed by atoms with Crippen LogP contribution in [-0.4, -0.2) is 5.52 Å². The Hall–Kier alpha value is -1.53. The molecule has 0 fully saturated rings. The number of benzene rings is 2. The molecule has 0 heterocycles. The largest absolute Gasteiger partial charge is 0.295 e. The van der Waals surface area contributed by atoms with Crippen LogP contribution in [0.3, 0.4) is 0 Å². The maximum absolute atomic E-state index is 14.0. The second kappa shape index (κ2) is 5.41. The number of halogens is 1. The highest BCUT2D eigenvalue weighted by molar-refractivity contribution is 7.40. The summed E-state index contributed by atoms with van der Waals surface area (Å²) < 4.78 is 14.0. The van der Waals surface area contributed by atoms with E-state index in [0.717, 1.165) is 5.56 Å². The topological polar surface area (TPSA) is 17.1 Å². The Labute approximate surface area is 108 Å². The summed E-state index contributed by atoms with van der Waals surface area (Å²) in [5.74, 6) is -0.592. The molecule has 0 amide bonds. The smallest absolute Gasteiger partial charge is 0.155 e. The molecule has 0 aliphatic carbocycles. The molecule has 2 atom stereocenters. The van der Waals surface area contributed by atoms with E-state index in [-0.39, 0.29) is 17.3 Å². The van der Waals surface area contributed by atoms with E-state index in [1.807, 2.05) is 30.3 Å². The Kier molecular flexibility index (Phi) is 3.88. The minimum Gasteiger partial charge on any atom is -0.295 e. The number of hydrogen-bond donors (Lipinski definition) is 0. The summed E-state index contributed by atoms with van der Waals surface area (Å²) in [6.45, 7) is 1.77. The average Bonchev–Trinajstić information content (AvgIpc) is 2.38. The zero-order chi connectivity index (χ0) is 13.1. The maximum Gasteiger partial charge on any atom is 0.155 e. The summed E-state index contributed by atoms with van der Waals surface area (Å²) in [5.41, 5.74) is 2.06. The van der Waals surface area contributed by atoms with Crippen molar-refractivity contribution in [3.05, 3.63) is 59.9 Å². The maximum atomic E-state index is 14.0. The predicted octanol–water partition coefficient (Wildman–Crippen LogP) is 4.00. The Bertz CT molecular complexity index is 566. The summed E-state index contributed by atoms with van der Waals surface area (Å²) in [4.78, 5) is 11.3. The summed E-state index contributed by atoms with van der Waals surface area (Å²) in [6, 6.07) is 14.3. The van der Waals surface area contributed by atoms with Gasteiger partial charge in [0.15, 0.2) is 5.52 Å². The van der Waals surface area contributed by atoms with E-state index in [0.29, 0.717) is 11.1 Å². The van der Waals surface area contributed by atoms with Gasteiger partial charge in [-0.2, -0.15) is 0 Å². The average molecular weight is 260 g/mol. The lowest BCUT2D eigenvalue weighted by molar-refractivity contribution is -0.112. The molecule has 1 unspecified atom stereocenters. The third-order valence-electron chi connectivity index (χ3n) is 3.00. The molecular formula is C15H14FOP. The standard InChI is InChI=1S/C15H14FOP/c1-10(15(17)18)12-7-8-13(14(16)9-12)11-5-3-2-4-6-11/h2-10H,18H2,1H3/t10-/m1/s1. The summed E-state index contributed by atoms with van der Waals surface area (Å²) in [7, 11) is 2.14. The number of carbonyl (C=O) groups excluding carboxylic acids is 1. The summed E-state index contributed by atoms with van der Waals surface area (Å²) in [6.07, 6.45) is 0. The third kappa shape index (κ3) is 2.65. The molecule has 92 valence electrons. The third-order valence-corrected chi connectivity index (χ3v) is 3.50. The minimum atomic E-state index is -0.297. The quantitative estimate of drug-likeness (QED) is 0.762. The van der Waals surface area contributed by atoms with Gasteiger partial charge < -0.3 is 0 Å². The molecule has 0 aliphatic rings. The van der Waals surface area contributed by atoms with Crippen LogP contribution < -0.4 is 0 Å². The van der Waals surface area contributed by atoms with Crippen LogP contribution in [0.25, 0.3) is 11.1 Å². The van der Waals surface area contributed by atoms with E-state index in [9.17, 15) is 9.18 Å². The van der Waals surface area contributed by atoms with Crippen LogP contribution in [0.1, 0.15) is 18.4 Å². The Morgan fingerprint density at radius 1 is 1.17 bits per heavy atom. The van der Waals surface area contributed by atoms with Crippen molar-refractivity contribution >= 4 is 14.8 Å². The van der Waals surface area contributed by atoms with Gasteiger partial charge in [-0.25, -0.2) is 4.39 Å². The molecular weight excluding hydrogens is 246 g/mol. The van der Waals surface area contributed by atoms with Gasteiger partial charge in [-0.1, -0.05) is 58.6 Å². The normalized spacial score (nSPS) is 12.2. The van der Waals surface area contributed by atoms with Gasteiger partial charge in [0.2, 0.25) is 0 Å². The Morgan fingerprint density at radius 3 is 2.39 bits per heavy atom. The van der Waals surface area contributed by atoms with Gasteiger partial charge in [-0.15, -0.1) is 0 Å². The van der Waals surface area contributed by atoms with Crippen LogP contribution in [0.15, 0.2) is 48.5 Å². The fourth-order valence-electron chi connectivity index (χ4n) is 1.82. The molecule has 0 N–H and O–H groups in total. The molecule has 0 saturated carbocycles. The molecule has 0 saturated heterocycles. The van der Waals surface area contributed by atoms with Crippen molar-refractivity contribution < 1.29 is 9.18 Å². The van der Waals surface area contributed by atoms with E-state index in [1.54, 1.807) is 19.1 Å². The number of carbonyl (C=O) groups is 1. The molecule has 0 radical (unpaired) electrons. The van der Waals surface area contributed by atoms with Crippen LogP contribution in [0.4, 0.5) is 4.39 Å². The molecule has 0 aromatic heterocycles. The molecule has 2 rings (SSSR count). The van der Waals surface area contributed by atoms with Crippen LogP contribution in [0, 0.1) is 5.82 Å². The van der Waals surface area contributed by atoms with E-state index in [4.69, 9.17) is 0 Å². The zero-order valence-electron chi connectivity index (χ0n) is 10.1. The highest BCUT2D eigenvalue weighted by Crippen LogP contribution is 2.27. The fraction of sp³-hybridized carbons (Fsp3) is 0.133. The number of rotatable bonds is 3. The molecule has 3 heteroatoms. The first-order valence-corrected chi connectivity index (χ1v) is 6.31. The van der Waals surface area contributed by atoms with Gasteiger partial charge in [-0.3, -0.25) is 4.79 Å². The van der Waals surface area contributed by atoms with Crippen LogP contribution in [0.2, 0.25) is 0 Å². The predicted molar refractivity (Wildman–Crippen MR) is 75.0 cm³/mol. The highest BCUT2D eigenvalue weighted by Gasteiger charge is 2.13. The van der Waals surface area contributed by atoms with Gasteiger partial charge in [-0.05, 0) is 17.2 Å². The zero-order valence-corrected chi connectivity index (χ0v) is 11.2. The van der Waals surface area contributed by atoms with Gasteiger partial charge in [0, 0.05) is 11.5 Å². The summed E-state index contributed by atoms with van der Waals surface area (Å²) >= 11 is 0. The molecule has 2 aromatic rings. The SMILES string of the molecule is C[C@@H](C(=O)P)c1ccc(-c2ccccc2)c(F)c1. The molecule has 0 aliphatic heterocycles. The van der Waals surface area contributed by atoms with E-state index in [1.165, 1.54) is 6.07 Å². The monoisotopic (exact) mass is 260 g/mol. The molecule has 2 aromatic carbocycles.